The summed E-state index contributed by atoms with van der Waals surface area (Å²) < 4.78 is 2.18. The van der Waals surface area contributed by atoms with Crippen LogP contribution in [0.4, 0.5) is 0 Å². The summed E-state index contributed by atoms with van der Waals surface area (Å²) in [7, 11) is 0. The Hall–Kier alpha value is -2.89. The van der Waals surface area contributed by atoms with Gasteiger partial charge in [0.05, 0.1) is 11.4 Å². The number of rotatable bonds is 5. The first-order valence-corrected chi connectivity index (χ1v) is 10.8. The van der Waals surface area contributed by atoms with Crippen molar-refractivity contribution in [3.8, 4) is 0 Å². The molecule has 1 aliphatic rings. The molecule has 2 aromatic heterocycles. The van der Waals surface area contributed by atoms with Crippen LogP contribution in [0.15, 0.2) is 85.3 Å². The number of para-hydroxylation sites is 1. The number of carbonyl (C=O) groups excluding carboxylic acids is 1. The SMILES string of the molecule is O=C(c1cn(Cc2ccccc2)c2ccccc12)[C@@H]1CSC(c2cccnc2)N1. The zero-order valence-electron chi connectivity index (χ0n) is 15.9. The fourth-order valence-corrected chi connectivity index (χ4v) is 5.11. The largest absolute Gasteiger partial charge is 0.342 e. The molecule has 4 nitrogen and oxygen atoms in total. The van der Waals surface area contributed by atoms with Crippen LogP contribution in [0.3, 0.4) is 0 Å². The van der Waals surface area contributed by atoms with Crippen molar-refractivity contribution in [3.63, 3.8) is 0 Å². The summed E-state index contributed by atoms with van der Waals surface area (Å²) in [5.41, 5.74) is 4.22. The van der Waals surface area contributed by atoms with E-state index in [1.807, 2.05) is 54.9 Å². The van der Waals surface area contributed by atoms with Crippen molar-refractivity contribution in [1.82, 2.24) is 14.9 Å². The number of carbonyl (C=O) groups is 1. The van der Waals surface area contributed by atoms with Gasteiger partial charge in [0.2, 0.25) is 0 Å². The Balaban J connectivity index is 1.43. The molecule has 1 fully saturated rings. The second kappa shape index (κ2) is 7.85. The topological polar surface area (TPSA) is 46.9 Å². The van der Waals surface area contributed by atoms with Crippen LogP contribution in [0, 0.1) is 0 Å². The maximum Gasteiger partial charge on any atom is 0.182 e. The first-order valence-electron chi connectivity index (χ1n) is 9.73. The number of hydrogen-bond acceptors (Lipinski definition) is 4. The van der Waals surface area contributed by atoms with Gasteiger partial charge in [-0.05, 0) is 23.3 Å². The third kappa shape index (κ3) is 3.59. The quantitative estimate of drug-likeness (QED) is 0.496. The van der Waals surface area contributed by atoms with Gasteiger partial charge in [0.1, 0.15) is 0 Å². The van der Waals surface area contributed by atoms with Crippen molar-refractivity contribution in [3.05, 3.63) is 102 Å². The van der Waals surface area contributed by atoms with Crippen molar-refractivity contribution in [1.29, 1.82) is 0 Å². The molecular formula is C24H21N3OS. The average Bonchev–Trinajstić information content (AvgIpc) is 3.41. The summed E-state index contributed by atoms with van der Waals surface area (Å²) in [6, 6.07) is 22.3. The van der Waals surface area contributed by atoms with Gasteiger partial charge in [-0.1, -0.05) is 54.6 Å². The summed E-state index contributed by atoms with van der Waals surface area (Å²) in [6.45, 7) is 0.750. The van der Waals surface area contributed by atoms with E-state index in [-0.39, 0.29) is 17.2 Å². The minimum Gasteiger partial charge on any atom is -0.342 e. The summed E-state index contributed by atoms with van der Waals surface area (Å²) in [5.74, 6) is 0.920. The van der Waals surface area contributed by atoms with Crippen LogP contribution in [0.2, 0.25) is 0 Å². The van der Waals surface area contributed by atoms with Gasteiger partial charge in [-0.3, -0.25) is 15.1 Å². The van der Waals surface area contributed by atoms with E-state index >= 15 is 0 Å². The molecule has 0 saturated carbocycles. The van der Waals surface area contributed by atoms with Crippen molar-refractivity contribution in [2.45, 2.75) is 18.0 Å². The molecule has 1 unspecified atom stereocenters. The molecule has 0 spiro atoms. The molecule has 3 heterocycles. The molecular weight excluding hydrogens is 378 g/mol. The van der Waals surface area contributed by atoms with Crippen LogP contribution in [0.25, 0.3) is 10.9 Å². The third-order valence-electron chi connectivity index (χ3n) is 5.34. The van der Waals surface area contributed by atoms with E-state index in [0.29, 0.717) is 0 Å². The number of thioether (sulfide) groups is 1. The Morgan fingerprint density at radius 1 is 1.07 bits per heavy atom. The normalized spacial score (nSPS) is 18.9. The van der Waals surface area contributed by atoms with Crippen LogP contribution < -0.4 is 5.32 Å². The fraction of sp³-hybridized carbons (Fsp3) is 0.167. The minimum absolute atomic E-state index is 0.107. The van der Waals surface area contributed by atoms with E-state index in [4.69, 9.17) is 0 Å². The molecule has 2 atom stereocenters. The van der Waals surface area contributed by atoms with Crippen molar-refractivity contribution in [2.75, 3.05) is 5.75 Å². The zero-order chi connectivity index (χ0) is 19.6. The number of hydrogen-bond donors (Lipinski definition) is 1. The Labute approximate surface area is 174 Å². The second-order valence-corrected chi connectivity index (χ2v) is 8.39. The van der Waals surface area contributed by atoms with Crippen molar-refractivity contribution < 1.29 is 4.79 Å². The van der Waals surface area contributed by atoms with Crippen LogP contribution in [-0.2, 0) is 6.54 Å². The fourth-order valence-electron chi connectivity index (χ4n) is 3.89. The van der Waals surface area contributed by atoms with Gasteiger partial charge in [0.15, 0.2) is 5.78 Å². The molecule has 2 aromatic carbocycles. The highest BCUT2D eigenvalue weighted by molar-refractivity contribution is 7.99. The highest BCUT2D eigenvalue weighted by Gasteiger charge is 2.32. The molecule has 4 aromatic rings. The lowest BCUT2D eigenvalue weighted by atomic mass is 10.0. The van der Waals surface area contributed by atoms with Gasteiger partial charge in [0, 0.05) is 47.4 Å². The minimum atomic E-state index is -0.193. The Morgan fingerprint density at radius 3 is 2.72 bits per heavy atom. The molecule has 5 rings (SSSR count). The van der Waals surface area contributed by atoms with Crippen LogP contribution in [0.5, 0.6) is 0 Å². The lowest BCUT2D eigenvalue weighted by Crippen LogP contribution is -2.34. The van der Waals surface area contributed by atoms with E-state index in [2.05, 4.69) is 39.1 Å². The number of pyridine rings is 1. The summed E-state index contributed by atoms with van der Waals surface area (Å²) >= 11 is 1.76. The second-order valence-electron chi connectivity index (χ2n) is 7.26. The van der Waals surface area contributed by atoms with E-state index < -0.39 is 0 Å². The van der Waals surface area contributed by atoms with E-state index in [0.717, 1.165) is 34.3 Å². The Bertz CT molecular complexity index is 1140. The number of ketones is 1. The molecule has 1 aliphatic heterocycles. The number of aromatic nitrogens is 2. The summed E-state index contributed by atoms with van der Waals surface area (Å²) in [5, 5.41) is 4.62. The molecule has 1 N–H and O–H groups in total. The highest BCUT2D eigenvalue weighted by atomic mass is 32.2. The number of benzene rings is 2. The van der Waals surface area contributed by atoms with Crippen LogP contribution in [0.1, 0.15) is 26.9 Å². The maximum absolute atomic E-state index is 13.4. The first-order chi connectivity index (χ1) is 14.3. The van der Waals surface area contributed by atoms with Gasteiger partial charge in [-0.2, -0.15) is 0 Å². The van der Waals surface area contributed by atoms with Gasteiger partial charge in [-0.25, -0.2) is 0 Å². The third-order valence-corrected chi connectivity index (χ3v) is 6.60. The van der Waals surface area contributed by atoms with E-state index in [9.17, 15) is 4.79 Å². The molecule has 5 heteroatoms. The smallest absolute Gasteiger partial charge is 0.182 e. The Kier molecular flexibility index (Phi) is 4.92. The highest BCUT2D eigenvalue weighted by Crippen LogP contribution is 2.34. The van der Waals surface area contributed by atoms with Crippen LogP contribution >= 0.6 is 11.8 Å². The number of nitrogens with zero attached hydrogens (tertiary/aromatic N) is 2. The monoisotopic (exact) mass is 399 g/mol. The number of fused-ring (bicyclic) bond motifs is 1. The zero-order valence-corrected chi connectivity index (χ0v) is 16.7. The summed E-state index contributed by atoms with van der Waals surface area (Å²) in [4.78, 5) is 17.6. The molecule has 144 valence electrons. The average molecular weight is 400 g/mol. The molecule has 1 saturated heterocycles. The van der Waals surface area contributed by atoms with Gasteiger partial charge < -0.3 is 4.57 Å². The van der Waals surface area contributed by atoms with Gasteiger partial charge in [0.25, 0.3) is 0 Å². The summed E-state index contributed by atoms with van der Waals surface area (Å²) in [6.07, 6.45) is 5.65. The number of Topliss-reactive ketones (excluding diaryl/α,β-unsaturated/α-hetero) is 1. The molecule has 29 heavy (non-hydrogen) atoms. The van der Waals surface area contributed by atoms with Gasteiger partial charge in [-0.15, -0.1) is 11.8 Å². The first kappa shape index (κ1) is 18.2. The molecule has 0 aliphatic carbocycles. The lowest BCUT2D eigenvalue weighted by molar-refractivity contribution is 0.0957. The van der Waals surface area contributed by atoms with E-state index in [1.165, 1.54) is 5.56 Å². The van der Waals surface area contributed by atoms with Crippen LogP contribution in [-0.4, -0.2) is 27.1 Å². The predicted octanol–water partition coefficient (Wildman–Crippen LogP) is 4.67. The van der Waals surface area contributed by atoms with Crippen molar-refractivity contribution in [2.24, 2.45) is 0 Å². The molecule has 0 radical (unpaired) electrons. The number of nitrogens with one attached hydrogen (secondary N) is 1. The maximum atomic E-state index is 13.4. The van der Waals surface area contributed by atoms with Crippen molar-refractivity contribution >= 4 is 28.4 Å². The lowest BCUT2D eigenvalue weighted by Gasteiger charge is -2.12. The Morgan fingerprint density at radius 2 is 1.90 bits per heavy atom. The predicted molar refractivity (Wildman–Crippen MR) is 118 cm³/mol. The van der Waals surface area contributed by atoms with Gasteiger partial charge >= 0.3 is 0 Å². The molecule has 0 bridgehead atoms. The standard InChI is InChI=1S/C24H21N3OS/c28-23(21-16-29-24(26-21)18-9-6-12-25-13-18)20-15-27(14-17-7-2-1-3-8-17)22-11-5-4-10-19(20)22/h1-13,15,21,24,26H,14,16H2/t21-,24?/m0/s1. The molecule has 0 amide bonds. The van der Waals surface area contributed by atoms with E-state index in [1.54, 1.807) is 18.0 Å².